The highest BCUT2D eigenvalue weighted by Crippen LogP contribution is 2.45. The van der Waals surface area contributed by atoms with Gasteiger partial charge in [0.05, 0.1) is 18.8 Å². The van der Waals surface area contributed by atoms with Gasteiger partial charge in [-0.2, -0.15) is 0 Å². The number of aliphatic hydroxyl groups excluding tert-OH is 2. The molecular formula is C38H47N3O4. The number of nitrogen functional groups attached to an aromatic ring is 1. The molecule has 0 aliphatic heterocycles. The minimum absolute atomic E-state index is 0.0154. The topological polar surface area (TPSA) is 125 Å². The molecule has 0 radical (unpaired) electrons. The van der Waals surface area contributed by atoms with Gasteiger partial charge in [-0.15, -0.1) is 0 Å². The number of nitrogens with zero attached hydrogens (tertiary/aromatic N) is 1. The number of nitrogens with one attached hydrogen (secondary N) is 1. The van der Waals surface area contributed by atoms with E-state index in [0.717, 1.165) is 61.8 Å². The van der Waals surface area contributed by atoms with E-state index in [0.29, 0.717) is 31.0 Å². The molecule has 3 aliphatic carbocycles. The summed E-state index contributed by atoms with van der Waals surface area (Å²) < 4.78 is 6.20. The molecule has 0 amide bonds. The summed E-state index contributed by atoms with van der Waals surface area (Å²) >= 11 is 0. The number of pyridine rings is 1. The number of aromatic amines is 1. The highest BCUT2D eigenvalue weighted by molar-refractivity contribution is 5.44. The average Bonchev–Trinajstić information content (AvgIpc) is 3.40. The van der Waals surface area contributed by atoms with E-state index in [4.69, 9.17) is 10.5 Å². The van der Waals surface area contributed by atoms with Gasteiger partial charge in [0.2, 0.25) is 0 Å². The molecule has 3 aromatic rings. The van der Waals surface area contributed by atoms with Crippen LogP contribution in [-0.2, 0) is 6.42 Å². The van der Waals surface area contributed by atoms with Crippen LogP contribution in [0.5, 0.6) is 11.5 Å². The zero-order valence-electron chi connectivity index (χ0n) is 26.2. The van der Waals surface area contributed by atoms with Gasteiger partial charge >= 0.3 is 0 Å². The van der Waals surface area contributed by atoms with E-state index in [2.05, 4.69) is 47.0 Å². The van der Waals surface area contributed by atoms with E-state index in [-0.39, 0.29) is 40.8 Å². The summed E-state index contributed by atoms with van der Waals surface area (Å²) in [5.74, 6) is 7.93. The first-order chi connectivity index (χ1) is 21.8. The Kier molecular flexibility index (Phi) is 9.53. The lowest BCUT2D eigenvalue weighted by molar-refractivity contribution is -0.0344. The highest BCUT2D eigenvalue weighted by Gasteiger charge is 2.42. The predicted octanol–water partition coefficient (Wildman–Crippen LogP) is 6.48. The summed E-state index contributed by atoms with van der Waals surface area (Å²) in [7, 11) is 0. The minimum atomic E-state index is -0.699. The number of rotatable bonds is 9. The van der Waals surface area contributed by atoms with Gasteiger partial charge in [0.1, 0.15) is 5.82 Å². The van der Waals surface area contributed by atoms with Crippen LogP contribution < -0.4 is 10.5 Å². The number of benzene rings is 1. The second kappa shape index (κ2) is 13.7. The van der Waals surface area contributed by atoms with Crippen LogP contribution in [0.15, 0.2) is 67.0 Å². The van der Waals surface area contributed by atoms with Gasteiger partial charge in [-0.05, 0) is 111 Å². The second-order valence-electron chi connectivity index (χ2n) is 13.5. The van der Waals surface area contributed by atoms with E-state index in [1.165, 1.54) is 0 Å². The largest absolute Gasteiger partial charge is 0.504 e. The number of H-pyrrole nitrogens is 1. The Hall–Kier alpha value is -3.73. The third-order valence-electron chi connectivity index (χ3n) is 10.7. The molecule has 7 heteroatoms. The summed E-state index contributed by atoms with van der Waals surface area (Å²) in [5, 5.41) is 34.0. The summed E-state index contributed by atoms with van der Waals surface area (Å²) in [6, 6.07) is 13.4. The molecule has 1 fully saturated rings. The number of nitrogens with two attached hydrogens (primary N) is 1. The molecule has 6 N–H and O–H groups in total. The maximum atomic E-state index is 11.6. The smallest absolute Gasteiger partial charge is 0.161 e. The number of allylic oxidation sites excluding steroid dienone is 2. The number of ether oxygens (including phenoxy) is 1. The fourth-order valence-electron chi connectivity index (χ4n) is 7.90. The molecular weight excluding hydrogens is 562 g/mol. The van der Waals surface area contributed by atoms with Crippen molar-refractivity contribution in [3.8, 4) is 23.3 Å². The van der Waals surface area contributed by atoms with E-state index < -0.39 is 12.2 Å². The van der Waals surface area contributed by atoms with Crippen LogP contribution in [0.25, 0.3) is 0 Å². The van der Waals surface area contributed by atoms with Crippen LogP contribution in [0.4, 0.5) is 5.82 Å². The van der Waals surface area contributed by atoms with Crippen molar-refractivity contribution in [3.05, 3.63) is 83.8 Å². The number of aliphatic hydroxyl groups is 2. The fourth-order valence-corrected chi connectivity index (χ4v) is 7.90. The quantitative estimate of drug-likeness (QED) is 0.140. The van der Waals surface area contributed by atoms with Gasteiger partial charge in [-0.3, -0.25) is 0 Å². The van der Waals surface area contributed by atoms with Gasteiger partial charge in [-0.1, -0.05) is 43.4 Å². The lowest BCUT2D eigenvalue weighted by atomic mass is 9.76. The number of hydrogen-bond donors (Lipinski definition) is 5. The Morgan fingerprint density at radius 1 is 1.13 bits per heavy atom. The van der Waals surface area contributed by atoms with E-state index in [1.807, 2.05) is 36.5 Å². The molecule has 7 nitrogen and oxygen atoms in total. The number of fused-ring (bicyclic) bond motifs is 4. The second-order valence-corrected chi connectivity index (χ2v) is 13.5. The van der Waals surface area contributed by atoms with Gasteiger partial charge in [-0.25, -0.2) is 4.98 Å². The molecule has 2 bridgehead atoms. The van der Waals surface area contributed by atoms with Crippen molar-refractivity contribution in [2.45, 2.75) is 88.8 Å². The molecule has 2 heterocycles. The standard InChI is InChI=1S/C38H47N3O4/c1-2-38-15-3-5-26(12-17-38)37(44)36-25(11-16-38)7-8-27(22-33(36)43)28-9-10-32(42)34(23-28)45-20-14-30(21-31-6-4-18-40-31)29-13-19-41-35(39)24-29/h4,6-10,13,18-19,23-27,30,33,36-37,40,42-44H,2-3,5,12,14-15,17,20-22H2,1H3,(H2,39,41)/t25-,26-,27-,30+,33+,36-,37-,38-/m0/s1. The van der Waals surface area contributed by atoms with Gasteiger partial charge in [0.25, 0.3) is 0 Å². The monoisotopic (exact) mass is 609 g/mol. The van der Waals surface area contributed by atoms with Crippen LogP contribution >= 0.6 is 0 Å². The van der Waals surface area contributed by atoms with Crippen molar-refractivity contribution < 1.29 is 20.1 Å². The molecule has 45 heavy (non-hydrogen) atoms. The van der Waals surface area contributed by atoms with Crippen molar-refractivity contribution in [1.82, 2.24) is 9.97 Å². The number of anilines is 1. The number of aromatic nitrogens is 2. The van der Waals surface area contributed by atoms with Gasteiger partial charge in [0, 0.05) is 41.3 Å². The molecule has 6 rings (SSSR count). The summed E-state index contributed by atoms with van der Waals surface area (Å²) in [5.41, 5.74) is 9.19. The molecule has 0 unspecified atom stereocenters. The molecule has 238 valence electrons. The summed E-state index contributed by atoms with van der Waals surface area (Å²) in [4.78, 5) is 7.44. The summed E-state index contributed by atoms with van der Waals surface area (Å²) in [6.45, 7) is 2.64. The Labute approximate surface area is 266 Å². The highest BCUT2D eigenvalue weighted by atomic mass is 16.5. The predicted molar refractivity (Wildman–Crippen MR) is 177 cm³/mol. The van der Waals surface area contributed by atoms with Gasteiger partial charge < -0.3 is 30.8 Å². The van der Waals surface area contributed by atoms with Crippen LogP contribution in [0.3, 0.4) is 0 Å². The van der Waals surface area contributed by atoms with Crippen LogP contribution in [0, 0.1) is 35.0 Å². The normalized spacial score (nSPS) is 30.0. The number of phenols is 1. The Bertz CT molecular complexity index is 1530. The molecule has 0 spiro atoms. The molecule has 8 atom stereocenters. The maximum Gasteiger partial charge on any atom is 0.161 e. The van der Waals surface area contributed by atoms with Crippen molar-refractivity contribution in [2.24, 2.45) is 23.2 Å². The molecule has 0 saturated heterocycles. The van der Waals surface area contributed by atoms with Crippen LogP contribution in [-0.4, -0.2) is 44.1 Å². The molecule has 1 saturated carbocycles. The average molecular weight is 610 g/mol. The van der Waals surface area contributed by atoms with E-state index in [9.17, 15) is 15.3 Å². The number of hydrogen-bond acceptors (Lipinski definition) is 6. The zero-order chi connectivity index (χ0) is 31.4. The lowest BCUT2D eigenvalue weighted by Crippen LogP contribution is -2.40. The Morgan fingerprint density at radius 3 is 2.82 bits per heavy atom. The van der Waals surface area contributed by atoms with E-state index in [1.54, 1.807) is 12.3 Å². The Balaban J connectivity index is 1.19. The first-order valence-electron chi connectivity index (χ1n) is 16.7. The fraction of sp³-hybridized carbons (Fsp3) is 0.500. The number of phenolic OH excluding ortho intramolecular Hbond substituents is 1. The van der Waals surface area contributed by atoms with Gasteiger partial charge in [0.15, 0.2) is 11.5 Å². The first kappa shape index (κ1) is 31.3. The molecule has 3 aliphatic rings. The molecule has 1 aromatic carbocycles. The van der Waals surface area contributed by atoms with Crippen LogP contribution in [0.2, 0.25) is 0 Å². The van der Waals surface area contributed by atoms with Crippen molar-refractivity contribution in [1.29, 1.82) is 0 Å². The Morgan fingerprint density at radius 2 is 2.02 bits per heavy atom. The molecule has 2 aromatic heterocycles. The third-order valence-corrected chi connectivity index (χ3v) is 10.7. The number of aromatic hydroxyl groups is 1. The van der Waals surface area contributed by atoms with Crippen molar-refractivity contribution in [2.75, 3.05) is 12.3 Å². The van der Waals surface area contributed by atoms with E-state index >= 15 is 0 Å². The maximum absolute atomic E-state index is 11.6. The van der Waals surface area contributed by atoms with Crippen molar-refractivity contribution >= 4 is 5.82 Å². The zero-order valence-corrected chi connectivity index (χ0v) is 26.2. The lowest BCUT2D eigenvalue weighted by Gasteiger charge is -2.34. The summed E-state index contributed by atoms with van der Waals surface area (Å²) in [6.07, 6.45) is 14.8. The van der Waals surface area contributed by atoms with Crippen LogP contribution in [0.1, 0.15) is 86.9 Å². The SMILES string of the molecule is CC[C@@]12C#C[C@@H]3C=C[C@H](c4ccc(O)c(OCC[C@H](Cc5ccc[nH]5)c5ccnc(N)c5)c4)C[C@@H](O)[C@H]3[C@@H](O)[C@@H](CCC1)CC2. The minimum Gasteiger partial charge on any atom is -0.504 e. The van der Waals surface area contributed by atoms with Crippen molar-refractivity contribution in [3.63, 3.8) is 0 Å². The first-order valence-corrected chi connectivity index (χ1v) is 16.7. The third kappa shape index (κ3) is 7.08.